The van der Waals surface area contributed by atoms with Crippen molar-refractivity contribution in [1.29, 1.82) is 0 Å². The van der Waals surface area contributed by atoms with Crippen LogP contribution in [0.4, 0.5) is 0 Å². The molecule has 0 aromatic rings. The number of hydrogen-bond donors (Lipinski definition) is 0. The maximum absolute atomic E-state index is 8.60. The predicted octanol–water partition coefficient (Wildman–Crippen LogP) is 0.648. The summed E-state index contributed by atoms with van der Waals surface area (Å²) in [7, 11) is 0. The Morgan fingerprint density at radius 3 is 1.43 bits per heavy atom. The van der Waals surface area contributed by atoms with E-state index in [2.05, 4.69) is 13.5 Å². The quantitative estimate of drug-likeness (QED) is 0.610. The van der Waals surface area contributed by atoms with E-state index in [1.165, 1.54) is 6.08 Å². The molecule has 0 rings (SSSR count). The van der Waals surface area contributed by atoms with Gasteiger partial charge in [0, 0.05) is 0 Å². The van der Waals surface area contributed by atoms with E-state index in [0.717, 1.165) is 0 Å². The Morgan fingerprint density at radius 2 is 1.43 bits per heavy atom. The van der Waals surface area contributed by atoms with Crippen molar-refractivity contribution in [2.75, 3.05) is 0 Å². The number of hydrogen-bond acceptors (Lipinski definition) is 3. The molecule has 7 heavy (non-hydrogen) atoms. The van der Waals surface area contributed by atoms with Crippen LogP contribution in [0.3, 0.4) is 0 Å². The van der Waals surface area contributed by atoms with Crippen LogP contribution in [-0.2, 0) is 27.0 Å². The average Bonchev–Trinajstić information content (AvgIpc) is 1.33. The summed E-state index contributed by atoms with van der Waals surface area (Å²) in [6, 6.07) is 0. The summed E-state index contributed by atoms with van der Waals surface area (Å²) in [5, 5.41) is 0. The van der Waals surface area contributed by atoms with Crippen molar-refractivity contribution < 1.29 is 27.0 Å². The van der Waals surface area contributed by atoms with Crippen molar-refractivity contribution in [3.63, 3.8) is 0 Å². The van der Waals surface area contributed by atoms with Crippen molar-refractivity contribution >= 4 is 0 Å². The van der Waals surface area contributed by atoms with E-state index >= 15 is 0 Å². The van der Waals surface area contributed by atoms with Gasteiger partial charge in [0.2, 0.25) is 0 Å². The first-order chi connectivity index (χ1) is 3.15. The van der Waals surface area contributed by atoms with Gasteiger partial charge in [0.15, 0.2) is 0 Å². The second-order valence-electron chi connectivity index (χ2n) is 0.478. The molecule has 0 saturated heterocycles. The van der Waals surface area contributed by atoms with Gasteiger partial charge in [0.1, 0.15) is 0 Å². The van der Waals surface area contributed by atoms with Gasteiger partial charge in [-0.3, -0.25) is 0 Å². The molecule has 0 heterocycles. The first kappa shape index (κ1) is 9.83. The third-order valence-corrected chi connectivity index (χ3v) is 0. The molecule has 0 amide bonds. The SMILES string of the molecule is C=C[CH2-].[O]=[Re](=[O])=[O]. The normalized spacial score (nSPS) is 5.14. The summed E-state index contributed by atoms with van der Waals surface area (Å²) >= 11 is -4.21. The molecule has 0 spiro atoms. The fourth-order valence-corrected chi connectivity index (χ4v) is 0. The monoisotopic (exact) mass is 276 g/mol. The fraction of sp³-hybridized carbons (Fsp3) is 0. The van der Waals surface area contributed by atoms with Crippen molar-refractivity contribution in [2.45, 2.75) is 0 Å². The fourth-order valence-electron chi connectivity index (χ4n) is 0. The molecule has 0 bridgehead atoms. The Balaban J connectivity index is 0. The zero-order valence-corrected chi connectivity index (χ0v) is 6.31. The Morgan fingerprint density at radius 1 is 1.43 bits per heavy atom. The average molecular weight is 275 g/mol. The van der Waals surface area contributed by atoms with Crippen LogP contribution in [0.1, 0.15) is 0 Å². The molecule has 0 aromatic heterocycles. The van der Waals surface area contributed by atoms with Gasteiger partial charge in [-0.05, 0) is 0 Å². The van der Waals surface area contributed by atoms with Crippen LogP contribution in [0.5, 0.6) is 0 Å². The Bertz CT molecular complexity index is 110. The van der Waals surface area contributed by atoms with E-state index in [1.54, 1.807) is 0 Å². The van der Waals surface area contributed by atoms with E-state index in [-0.39, 0.29) is 0 Å². The molecule has 0 aliphatic carbocycles. The molecule has 4 heteroatoms. The summed E-state index contributed by atoms with van der Waals surface area (Å²) in [6.07, 6.45) is 1.50. The van der Waals surface area contributed by atoms with Gasteiger partial charge in [0.25, 0.3) is 0 Å². The standard InChI is InChI=1S/C3H5.3O.Re/c1-3-2;;;;/h3H,1-2H2;;;;/q-1;;;;. The van der Waals surface area contributed by atoms with Gasteiger partial charge >= 0.3 is 27.0 Å². The summed E-state index contributed by atoms with van der Waals surface area (Å²) < 4.78 is 25.8. The van der Waals surface area contributed by atoms with Crippen LogP contribution in [0.2, 0.25) is 0 Å². The van der Waals surface area contributed by atoms with Crippen LogP contribution in [0, 0.1) is 6.92 Å². The van der Waals surface area contributed by atoms with Crippen molar-refractivity contribution in [3.05, 3.63) is 19.6 Å². The molecular weight excluding hydrogens is 270 g/mol. The molecule has 0 radical (unpaired) electrons. The number of rotatable bonds is 0. The summed E-state index contributed by atoms with van der Waals surface area (Å²) in [5.41, 5.74) is 0. The van der Waals surface area contributed by atoms with Crippen LogP contribution >= 0.6 is 0 Å². The second kappa shape index (κ2) is 9.18. The van der Waals surface area contributed by atoms with Gasteiger partial charge < -0.3 is 0 Å². The van der Waals surface area contributed by atoms with Gasteiger partial charge in [-0.2, -0.15) is 0 Å². The maximum atomic E-state index is 8.60. The summed E-state index contributed by atoms with van der Waals surface area (Å²) in [5.74, 6) is 0. The van der Waals surface area contributed by atoms with E-state index in [0.29, 0.717) is 0 Å². The van der Waals surface area contributed by atoms with E-state index in [1.807, 2.05) is 0 Å². The molecule has 0 aromatic carbocycles. The minimum atomic E-state index is -4.21. The van der Waals surface area contributed by atoms with Crippen LogP contribution in [0.15, 0.2) is 12.7 Å². The zero-order chi connectivity index (χ0) is 6.28. The van der Waals surface area contributed by atoms with Gasteiger partial charge in [0.05, 0.1) is 0 Å². The van der Waals surface area contributed by atoms with Crippen LogP contribution in [0.25, 0.3) is 0 Å². The Kier molecular flexibility index (Phi) is 12.9. The molecule has 0 atom stereocenters. The predicted molar refractivity (Wildman–Crippen MR) is 17.6 cm³/mol. The first-order valence-corrected chi connectivity index (χ1v) is 4.61. The molecular formula is C3H5O3Re-. The summed E-state index contributed by atoms with van der Waals surface area (Å²) in [6.45, 7) is 6.50. The molecule has 0 unspecified atom stereocenters. The molecule has 0 fully saturated rings. The van der Waals surface area contributed by atoms with E-state index in [9.17, 15) is 0 Å². The van der Waals surface area contributed by atoms with Crippen LogP contribution < -0.4 is 0 Å². The van der Waals surface area contributed by atoms with Gasteiger partial charge in [-0.25, -0.2) is 19.6 Å². The Hall–Kier alpha value is -0.328. The van der Waals surface area contributed by atoms with Gasteiger partial charge in [-0.15, -0.1) is 0 Å². The van der Waals surface area contributed by atoms with Crippen LogP contribution in [-0.4, -0.2) is 0 Å². The minimum absolute atomic E-state index is 1.50. The van der Waals surface area contributed by atoms with Gasteiger partial charge in [-0.1, -0.05) is 0 Å². The summed E-state index contributed by atoms with van der Waals surface area (Å²) in [4.78, 5) is 0. The second-order valence-corrected chi connectivity index (χ2v) is 1.84. The van der Waals surface area contributed by atoms with E-state index < -0.39 is 16.6 Å². The van der Waals surface area contributed by atoms with Crippen molar-refractivity contribution in [3.8, 4) is 0 Å². The third kappa shape index (κ3) is 713. The Labute approximate surface area is 47.2 Å². The molecule has 43 valence electrons. The number of allylic oxidation sites excluding steroid dienone is 1. The van der Waals surface area contributed by atoms with Crippen molar-refractivity contribution in [2.24, 2.45) is 0 Å². The first-order valence-electron chi connectivity index (χ1n) is 1.28. The molecule has 0 aliphatic rings. The molecule has 3 nitrogen and oxygen atoms in total. The van der Waals surface area contributed by atoms with E-state index in [4.69, 9.17) is 10.4 Å². The molecule has 0 aliphatic heterocycles. The topological polar surface area (TPSA) is 51.2 Å². The zero-order valence-electron chi connectivity index (χ0n) is 3.59. The third-order valence-electron chi connectivity index (χ3n) is 0. The molecule has 0 N–H and O–H groups in total. The molecule has 0 saturated carbocycles. The van der Waals surface area contributed by atoms with Crippen molar-refractivity contribution in [1.82, 2.24) is 0 Å².